The van der Waals surface area contributed by atoms with Crippen LogP contribution < -0.4 is 0 Å². The summed E-state index contributed by atoms with van der Waals surface area (Å²) in [5.74, 6) is 0.0150. The number of carbonyl (C=O) groups excluding carboxylic acids is 1. The Bertz CT molecular complexity index is 943. The van der Waals surface area contributed by atoms with Crippen molar-refractivity contribution in [1.29, 1.82) is 5.26 Å². The molecule has 0 radical (unpaired) electrons. The summed E-state index contributed by atoms with van der Waals surface area (Å²) < 4.78 is 0. The fourth-order valence-corrected chi connectivity index (χ4v) is 4.50. The van der Waals surface area contributed by atoms with E-state index in [1.54, 1.807) is 6.92 Å². The monoisotopic (exact) mass is 394 g/mol. The zero-order valence-corrected chi connectivity index (χ0v) is 16.7. The first-order valence-electron chi connectivity index (χ1n) is 8.63. The summed E-state index contributed by atoms with van der Waals surface area (Å²) in [6, 6.07) is 19.7. The second kappa shape index (κ2) is 8.56. The van der Waals surface area contributed by atoms with Crippen molar-refractivity contribution >= 4 is 34.9 Å². The molecule has 0 N–H and O–H groups in total. The first kappa shape index (κ1) is 19.4. The minimum Gasteiger partial charge on any atom is -0.299 e. The molecular formula is C22H19ClN2OS. The van der Waals surface area contributed by atoms with Crippen molar-refractivity contribution in [1.82, 2.24) is 0 Å². The van der Waals surface area contributed by atoms with Gasteiger partial charge in [-0.05, 0) is 37.1 Å². The highest BCUT2D eigenvalue weighted by Crippen LogP contribution is 2.42. The van der Waals surface area contributed by atoms with Gasteiger partial charge >= 0.3 is 0 Å². The first-order chi connectivity index (χ1) is 13.0. The van der Waals surface area contributed by atoms with E-state index in [-0.39, 0.29) is 11.7 Å². The Balaban J connectivity index is 1.98. The maximum absolute atomic E-state index is 12.3. The number of halogens is 1. The van der Waals surface area contributed by atoms with Gasteiger partial charge in [0.15, 0.2) is 0 Å². The van der Waals surface area contributed by atoms with Gasteiger partial charge in [-0.1, -0.05) is 54.1 Å². The lowest BCUT2D eigenvalue weighted by atomic mass is 9.75. The molecule has 27 heavy (non-hydrogen) atoms. The Labute approximate surface area is 168 Å². The fraction of sp³-hybridized carbons (Fsp3) is 0.227. The van der Waals surface area contributed by atoms with Crippen LogP contribution in [0.1, 0.15) is 30.9 Å². The lowest BCUT2D eigenvalue weighted by molar-refractivity contribution is -0.119. The molecule has 1 aliphatic rings. The number of carbonyl (C=O) groups is 1. The average Bonchev–Trinajstić information content (AvgIpc) is 2.67. The van der Waals surface area contributed by atoms with Crippen LogP contribution in [0.5, 0.6) is 0 Å². The van der Waals surface area contributed by atoms with E-state index in [9.17, 15) is 10.1 Å². The number of Topliss-reactive ketones (excluding diaryl/α,β-unsaturated/α-hetero) is 1. The molecule has 0 spiro atoms. The van der Waals surface area contributed by atoms with Gasteiger partial charge in [-0.25, -0.2) is 4.99 Å². The molecule has 0 fully saturated rings. The summed E-state index contributed by atoms with van der Waals surface area (Å²) >= 11 is 7.47. The lowest BCUT2D eigenvalue weighted by Crippen LogP contribution is -2.31. The van der Waals surface area contributed by atoms with Crippen molar-refractivity contribution in [2.75, 3.05) is 0 Å². The van der Waals surface area contributed by atoms with E-state index < -0.39 is 5.92 Å². The zero-order chi connectivity index (χ0) is 19.4. The summed E-state index contributed by atoms with van der Waals surface area (Å²) in [6.45, 7) is 3.44. The molecule has 1 heterocycles. The van der Waals surface area contributed by atoms with Crippen molar-refractivity contribution in [2.24, 2.45) is 10.9 Å². The highest BCUT2D eigenvalue weighted by atomic mass is 35.5. The minimum absolute atomic E-state index is 0.0274. The van der Waals surface area contributed by atoms with E-state index in [1.807, 2.05) is 61.5 Å². The molecule has 2 aromatic carbocycles. The topological polar surface area (TPSA) is 53.2 Å². The van der Waals surface area contributed by atoms with E-state index in [4.69, 9.17) is 11.6 Å². The second-order valence-electron chi connectivity index (χ2n) is 6.48. The third kappa shape index (κ3) is 4.32. The molecule has 0 saturated heterocycles. The SMILES string of the molecule is CC(=O)C1C(C)=NC(SCc2ccc(Cl)cc2)=C(C#N)[C@H]1c1ccccc1. The van der Waals surface area contributed by atoms with Crippen LogP contribution in [0, 0.1) is 17.2 Å². The van der Waals surface area contributed by atoms with E-state index in [0.717, 1.165) is 16.8 Å². The van der Waals surface area contributed by atoms with E-state index in [0.29, 0.717) is 21.4 Å². The summed E-state index contributed by atoms with van der Waals surface area (Å²) in [4.78, 5) is 17.0. The Morgan fingerprint density at radius 3 is 2.44 bits per heavy atom. The molecule has 0 saturated carbocycles. The summed E-state index contributed by atoms with van der Waals surface area (Å²) in [5.41, 5.74) is 3.39. The Hall–Kier alpha value is -2.35. The molecular weight excluding hydrogens is 376 g/mol. The number of aliphatic imine (C=N–C) groups is 1. The van der Waals surface area contributed by atoms with Crippen LogP contribution in [0.2, 0.25) is 5.02 Å². The van der Waals surface area contributed by atoms with Crippen molar-refractivity contribution in [3.63, 3.8) is 0 Å². The predicted octanol–water partition coefficient (Wildman–Crippen LogP) is 5.77. The molecule has 2 atom stereocenters. The summed E-state index contributed by atoms with van der Waals surface area (Å²) in [5, 5.41) is 11.3. The molecule has 2 aromatic rings. The standard InChI is InChI=1S/C22H19ClN2OS/c1-14-20(15(2)26)21(17-6-4-3-5-7-17)19(12-24)22(25-14)27-13-16-8-10-18(23)11-9-16/h3-11,20-21H,13H2,1-2H3/t20?,21-/m1/s1. The highest BCUT2D eigenvalue weighted by Gasteiger charge is 2.37. The Morgan fingerprint density at radius 2 is 1.85 bits per heavy atom. The van der Waals surface area contributed by atoms with Crippen LogP contribution in [0.25, 0.3) is 0 Å². The maximum atomic E-state index is 12.3. The van der Waals surface area contributed by atoms with Crippen molar-refractivity contribution < 1.29 is 4.79 Å². The smallest absolute Gasteiger partial charge is 0.139 e. The van der Waals surface area contributed by atoms with Gasteiger partial charge in [-0.3, -0.25) is 4.79 Å². The molecule has 0 amide bonds. The largest absolute Gasteiger partial charge is 0.299 e. The normalized spacial score (nSPS) is 19.4. The molecule has 0 aromatic heterocycles. The number of ketones is 1. The Kier molecular flexibility index (Phi) is 6.15. The van der Waals surface area contributed by atoms with Gasteiger partial charge in [0.2, 0.25) is 0 Å². The molecule has 1 unspecified atom stereocenters. The molecule has 5 heteroatoms. The van der Waals surface area contributed by atoms with E-state index >= 15 is 0 Å². The number of thioether (sulfide) groups is 1. The number of nitriles is 1. The number of allylic oxidation sites excluding steroid dienone is 1. The van der Waals surface area contributed by atoms with Crippen LogP contribution in [0.4, 0.5) is 0 Å². The zero-order valence-electron chi connectivity index (χ0n) is 15.1. The van der Waals surface area contributed by atoms with Crippen LogP contribution in [0.15, 0.2) is 70.2 Å². The van der Waals surface area contributed by atoms with Gasteiger partial charge in [0.1, 0.15) is 10.8 Å². The molecule has 136 valence electrons. The number of nitrogens with zero attached hydrogens (tertiary/aromatic N) is 2. The quantitative estimate of drug-likeness (QED) is 0.646. The van der Waals surface area contributed by atoms with E-state index in [2.05, 4.69) is 11.1 Å². The van der Waals surface area contributed by atoms with Gasteiger partial charge < -0.3 is 0 Å². The van der Waals surface area contributed by atoms with Gasteiger partial charge in [-0.15, -0.1) is 11.8 Å². The van der Waals surface area contributed by atoms with E-state index in [1.165, 1.54) is 11.8 Å². The maximum Gasteiger partial charge on any atom is 0.139 e. The molecule has 0 aliphatic carbocycles. The van der Waals surface area contributed by atoms with Crippen molar-refractivity contribution in [3.05, 3.63) is 81.3 Å². The van der Waals surface area contributed by atoms with Gasteiger partial charge in [0.05, 0.1) is 17.6 Å². The number of hydrogen-bond donors (Lipinski definition) is 0. The summed E-state index contributed by atoms with van der Waals surface area (Å²) in [6.07, 6.45) is 0. The lowest BCUT2D eigenvalue weighted by Gasteiger charge is -2.30. The van der Waals surface area contributed by atoms with Crippen LogP contribution >= 0.6 is 23.4 Å². The second-order valence-corrected chi connectivity index (χ2v) is 7.88. The van der Waals surface area contributed by atoms with Crippen LogP contribution in [0.3, 0.4) is 0 Å². The average molecular weight is 395 g/mol. The van der Waals surface area contributed by atoms with Gasteiger partial charge in [0, 0.05) is 22.4 Å². The number of rotatable bonds is 5. The van der Waals surface area contributed by atoms with Crippen molar-refractivity contribution in [3.8, 4) is 6.07 Å². The van der Waals surface area contributed by atoms with Crippen LogP contribution in [-0.2, 0) is 10.5 Å². The first-order valence-corrected chi connectivity index (χ1v) is 9.99. The molecule has 1 aliphatic heterocycles. The number of hydrogen-bond acceptors (Lipinski definition) is 4. The van der Waals surface area contributed by atoms with Crippen LogP contribution in [-0.4, -0.2) is 11.5 Å². The third-order valence-electron chi connectivity index (χ3n) is 4.61. The number of benzene rings is 2. The van der Waals surface area contributed by atoms with Gasteiger partial charge in [0.25, 0.3) is 0 Å². The minimum atomic E-state index is -0.401. The molecule has 0 bridgehead atoms. The molecule has 3 nitrogen and oxygen atoms in total. The van der Waals surface area contributed by atoms with Crippen molar-refractivity contribution in [2.45, 2.75) is 25.5 Å². The highest BCUT2D eigenvalue weighted by molar-refractivity contribution is 8.02. The third-order valence-corrected chi connectivity index (χ3v) is 5.92. The molecule has 3 rings (SSSR count). The predicted molar refractivity (Wildman–Crippen MR) is 112 cm³/mol. The summed E-state index contributed by atoms with van der Waals surface area (Å²) in [7, 11) is 0. The van der Waals surface area contributed by atoms with Gasteiger partial charge in [-0.2, -0.15) is 5.26 Å². The fourth-order valence-electron chi connectivity index (χ4n) is 3.34. The Morgan fingerprint density at radius 1 is 1.19 bits per heavy atom.